The van der Waals surface area contributed by atoms with Crippen molar-refractivity contribution in [3.63, 3.8) is 0 Å². The number of hydrogen-bond donors (Lipinski definition) is 3. The molecule has 1 amide bonds. The fraction of sp³-hybridized carbons (Fsp3) is 0.867. The van der Waals surface area contributed by atoms with Crippen LogP contribution in [-0.2, 0) is 14.3 Å². The van der Waals surface area contributed by atoms with Crippen LogP contribution in [0.4, 0.5) is 0 Å². The van der Waals surface area contributed by atoms with Crippen LogP contribution in [0.2, 0.25) is 0 Å². The molecule has 0 aliphatic heterocycles. The van der Waals surface area contributed by atoms with Crippen LogP contribution in [-0.4, -0.2) is 47.4 Å². The van der Waals surface area contributed by atoms with Crippen molar-refractivity contribution in [1.29, 1.82) is 0 Å². The predicted octanol–water partition coefficient (Wildman–Crippen LogP) is 18.0. The Balaban J connectivity index is 3.48. The molecule has 2 atom stereocenters. The molecule has 6 heteroatoms. The molecule has 0 aromatic heterocycles. The maximum Gasteiger partial charge on any atom is 0.305 e. The third-order valence-electron chi connectivity index (χ3n) is 13.4. The minimum absolute atomic E-state index is 0.0144. The standard InChI is InChI=1S/C60H113NO5/c1-3-5-7-9-11-13-15-17-19-20-21-22-25-28-32-36-40-44-48-52-58(63)57(56-62)61-59(64)53-49-45-41-37-33-29-26-23-27-31-35-39-43-47-51-55-66-60(65)54-50-46-42-38-34-30-24-18-16-14-12-10-8-6-4-2/h12,14,18,24,48,52,57-58,62-63H,3-11,13,15-17,19-23,25-47,49-51,53-56H2,1-2H3,(H,61,64)/b14-12-,24-18-,52-48+. The fourth-order valence-electron chi connectivity index (χ4n) is 8.90. The van der Waals surface area contributed by atoms with E-state index in [0.29, 0.717) is 19.4 Å². The molecule has 0 aromatic carbocycles. The highest BCUT2D eigenvalue weighted by atomic mass is 16.5. The van der Waals surface area contributed by atoms with Crippen molar-refractivity contribution in [2.75, 3.05) is 13.2 Å². The lowest BCUT2D eigenvalue weighted by molar-refractivity contribution is -0.143. The van der Waals surface area contributed by atoms with Gasteiger partial charge in [-0.05, 0) is 64.2 Å². The summed E-state index contributed by atoms with van der Waals surface area (Å²) in [6.45, 7) is 4.87. The van der Waals surface area contributed by atoms with Gasteiger partial charge < -0.3 is 20.3 Å². The zero-order valence-corrected chi connectivity index (χ0v) is 44.2. The first kappa shape index (κ1) is 64.1. The third kappa shape index (κ3) is 51.5. The van der Waals surface area contributed by atoms with E-state index in [4.69, 9.17) is 4.74 Å². The van der Waals surface area contributed by atoms with Crippen molar-refractivity contribution in [2.45, 2.75) is 321 Å². The van der Waals surface area contributed by atoms with Gasteiger partial charge in [0.25, 0.3) is 0 Å². The van der Waals surface area contributed by atoms with Crippen LogP contribution in [0.25, 0.3) is 0 Å². The largest absolute Gasteiger partial charge is 0.466 e. The summed E-state index contributed by atoms with van der Waals surface area (Å²) in [5, 5.41) is 23.2. The van der Waals surface area contributed by atoms with E-state index >= 15 is 0 Å². The van der Waals surface area contributed by atoms with Gasteiger partial charge in [0, 0.05) is 12.8 Å². The summed E-state index contributed by atoms with van der Waals surface area (Å²) in [5.41, 5.74) is 0. The Morgan fingerprint density at radius 3 is 1.18 bits per heavy atom. The topological polar surface area (TPSA) is 95.9 Å². The molecule has 3 N–H and O–H groups in total. The summed E-state index contributed by atoms with van der Waals surface area (Å²) in [6, 6.07) is -0.636. The third-order valence-corrected chi connectivity index (χ3v) is 13.4. The molecule has 6 nitrogen and oxygen atoms in total. The molecule has 388 valence electrons. The Morgan fingerprint density at radius 2 is 0.758 bits per heavy atom. The Kier molecular flexibility index (Phi) is 54.1. The van der Waals surface area contributed by atoms with Crippen LogP contribution in [0.15, 0.2) is 36.5 Å². The van der Waals surface area contributed by atoms with E-state index in [2.05, 4.69) is 43.5 Å². The number of hydrogen-bond acceptors (Lipinski definition) is 5. The van der Waals surface area contributed by atoms with Crippen molar-refractivity contribution in [2.24, 2.45) is 0 Å². The summed E-state index contributed by atoms with van der Waals surface area (Å²) in [6.07, 6.45) is 68.7. The van der Waals surface area contributed by atoms with Gasteiger partial charge in [0.2, 0.25) is 5.91 Å². The molecular formula is C60H113NO5. The molecule has 0 radical (unpaired) electrons. The van der Waals surface area contributed by atoms with Crippen molar-refractivity contribution in [3.05, 3.63) is 36.5 Å². The van der Waals surface area contributed by atoms with Crippen LogP contribution in [0.1, 0.15) is 309 Å². The van der Waals surface area contributed by atoms with Crippen LogP contribution in [0, 0.1) is 0 Å². The van der Waals surface area contributed by atoms with Crippen molar-refractivity contribution in [3.8, 4) is 0 Å². The number of carbonyl (C=O) groups is 2. The zero-order chi connectivity index (χ0) is 47.9. The molecular weight excluding hydrogens is 815 g/mol. The van der Waals surface area contributed by atoms with Crippen LogP contribution in [0.5, 0.6) is 0 Å². The SMILES string of the molecule is CCCCC/C=C\C/C=C\CCCCCCCC(=O)OCCCCCCCCCCCCCCCCCC(=O)NC(CO)C(O)/C=C/CCCCCCCCCCCCCCCCCCC. The molecule has 0 fully saturated rings. The Labute approximate surface area is 411 Å². The molecule has 0 aromatic rings. The van der Waals surface area contributed by atoms with Crippen molar-refractivity contribution >= 4 is 11.9 Å². The average molecular weight is 929 g/mol. The number of allylic oxidation sites excluding steroid dienone is 5. The summed E-state index contributed by atoms with van der Waals surface area (Å²) >= 11 is 0. The van der Waals surface area contributed by atoms with Gasteiger partial charge in [-0.3, -0.25) is 9.59 Å². The van der Waals surface area contributed by atoms with Gasteiger partial charge in [0.15, 0.2) is 0 Å². The average Bonchev–Trinajstić information content (AvgIpc) is 3.32. The first-order valence-corrected chi connectivity index (χ1v) is 29.3. The fourth-order valence-corrected chi connectivity index (χ4v) is 8.90. The second-order valence-electron chi connectivity index (χ2n) is 20.0. The van der Waals surface area contributed by atoms with Gasteiger partial charge in [-0.15, -0.1) is 0 Å². The van der Waals surface area contributed by atoms with E-state index in [0.717, 1.165) is 64.2 Å². The first-order valence-electron chi connectivity index (χ1n) is 29.3. The van der Waals surface area contributed by atoms with E-state index in [1.165, 1.54) is 218 Å². The Bertz CT molecular complexity index is 1070. The summed E-state index contributed by atoms with van der Waals surface area (Å²) in [4.78, 5) is 24.5. The van der Waals surface area contributed by atoms with E-state index < -0.39 is 12.1 Å². The minimum Gasteiger partial charge on any atom is -0.466 e. The highest BCUT2D eigenvalue weighted by Gasteiger charge is 2.18. The lowest BCUT2D eigenvalue weighted by atomic mass is 10.0. The second kappa shape index (κ2) is 55.7. The monoisotopic (exact) mass is 928 g/mol. The zero-order valence-electron chi connectivity index (χ0n) is 44.2. The maximum absolute atomic E-state index is 12.5. The van der Waals surface area contributed by atoms with Crippen LogP contribution >= 0.6 is 0 Å². The summed E-state index contributed by atoms with van der Waals surface area (Å²) in [7, 11) is 0. The van der Waals surface area contributed by atoms with Gasteiger partial charge in [-0.25, -0.2) is 0 Å². The number of rotatable bonds is 54. The molecule has 0 bridgehead atoms. The maximum atomic E-state index is 12.5. The Hall–Kier alpha value is -1.92. The number of unbranched alkanes of at least 4 members (excludes halogenated alkanes) is 39. The predicted molar refractivity (Wildman–Crippen MR) is 287 cm³/mol. The first-order chi connectivity index (χ1) is 32.5. The lowest BCUT2D eigenvalue weighted by Crippen LogP contribution is -2.45. The summed E-state index contributed by atoms with van der Waals surface area (Å²) in [5.74, 6) is -0.0897. The van der Waals surface area contributed by atoms with E-state index in [1.807, 2.05) is 6.08 Å². The van der Waals surface area contributed by atoms with Crippen molar-refractivity contribution in [1.82, 2.24) is 5.32 Å². The number of carbonyl (C=O) groups excluding carboxylic acids is 2. The van der Waals surface area contributed by atoms with Crippen LogP contribution < -0.4 is 5.32 Å². The molecule has 0 heterocycles. The van der Waals surface area contributed by atoms with E-state index in [9.17, 15) is 19.8 Å². The molecule has 0 rings (SSSR count). The van der Waals surface area contributed by atoms with Crippen molar-refractivity contribution < 1.29 is 24.5 Å². The number of aliphatic hydroxyl groups excluding tert-OH is 2. The quantitative estimate of drug-likeness (QED) is 0.0321. The van der Waals surface area contributed by atoms with Gasteiger partial charge in [-0.1, -0.05) is 269 Å². The summed E-state index contributed by atoms with van der Waals surface area (Å²) < 4.78 is 5.47. The number of amides is 1. The number of aliphatic hydroxyl groups is 2. The molecule has 0 saturated heterocycles. The molecule has 0 aliphatic carbocycles. The van der Waals surface area contributed by atoms with Gasteiger partial charge in [-0.2, -0.15) is 0 Å². The molecule has 2 unspecified atom stereocenters. The molecule has 0 aliphatic rings. The highest BCUT2D eigenvalue weighted by molar-refractivity contribution is 5.76. The minimum atomic E-state index is -0.852. The normalized spacial score (nSPS) is 12.8. The van der Waals surface area contributed by atoms with Crippen LogP contribution in [0.3, 0.4) is 0 Å². The smallest absolute Gasteiger partial charge is 0.305 e. The highest BCUT2D eigenvalue weighted by Crippen LogP contribution is 2.17. The van der Waals surface area contributed by atoms with Gasteiger partial charge in [0.1, 0.15) is 0 Å². The number of nitrogens with one attached hydrogen (secondary N) is 1. The van der Waals surface area contributed by atoms with Gasteiger partial charge >= 0.3 is 5.97 Å². The lowest BCUT2D eigenvalue weighted by Gasteiger charge is -2.20. The van der Waals surface area contributed by atoms with E-state index in [-0.39, 0.29) is 18.5 Å². The molecule has 0 spiro atoms. The second-order valence-corrected chi connectivity index (χ2v) is 20.0. The number of esters is 1. The molecule has 0 saturated carbocycles. The number of ether oxygens (including phenoxy) is 1. The molecule has 66 heavy (non-hydrogen) atoms. The van der Waals surface area contributed by atoms with Gasteiger partial charge in [0.05, 0.1) is 25.4 Å². The van der Waals surface area contributed by atoms with E-state index in [1.54, 1.807) is 6.08 Å². The Morgan fingerprint density at radius 1 is 0.424 bits per heavy atom.